The summed E-state index contributed by atoms with van der Waals surface area (Å²) in [6, 6.07) is -0.836. The van der Waals surface area contributed by atoms with Crippen LogP contribution in [0.1, 0.15) is 72.6 Å². The van der Waals surface area contributed by atoms with Crippen molar-refractivity contribution in [3.05, 3.63) is 25.3 Å². The molecule has 3 aliphatic rings. The topological polar surface area (TPSA) is 96.4 Å². The van der Waals surface area contributed by atoms with Crippen molar-refractivity contribution in [1.29, 1.82) is 0 Å². The van der Waals surface area contributed by atoms with E-state index in [0.717, 1.165) is 19.3 Å². The lowest BCUT2D eigenvalue weighted by Crippen LogP contribution is -2.58. The van der Waals surface area contributed by atoms with E-state index in [0.29, 0.717) is 38.8 Å². The molecule has 0 aromatic carbocycles. The predicted octanol–water partition coefficient (Wildman–Crippen LogP) is 3.48. The fourth-order valence-electron chi connectivity index (χ4n) is 6.88. The molecular weight excluding hydrogens is 472 g/mol. The number of unbranched alkanes of at least 4 members (excludes halogenated alkanes) is 2. The molecular formula is C29H46N2O6. The fraction of sp³-hybridized carbons (Fsp3) is 0.759. The van der Waals surface area contributed by atoms with E-state index in [9.17, 15) is 19.5 Å². The van der Waals surface area contributed by atoms with E-state index in [2.05, 4.69) is 20.1 Å². The molecule has 3 saturated heterocycles. The Morgan fingerprint density at radius 3 is 2.65 bits per heavy atom. The first-order chi connectivity index (χ1) is 17.6. The molecule has 2 amide bonds. The van der Waals surface area contributed by atoms with Crippen LogP contribution in [0.15, 0.2) is 25.3 Å². The van der Waals surface area contributed by atoms with Gasteiger partial charge in [-0.25, -0.2) is 0 Å². The highest BCUT2D eigenvalue weighted by Gasteiger charge is 2.80. The number of rotatable bonds is 15. The lowest BCUT2D eigenvalue weighted by atomic mass is 9.62. The molecule has 3 rings (SSSR count). The summed E-state index contributed by atoms with van der Waals surface area (Å²) in [7, 11) is 0. The normalized spacial score (nSPS) is 32.8. The summed E-state index contributed by atoms with van der Waals surface area (Å²) < 4.78 is 12.3. The van der Waals surface area contributed by atoms with Crippen LogP contribution in [0.5, 0.6) is 0 Å². The molecule has 1 spiro atoms. The Balaban J connectivity index is 2.04. The maximum absolute atomic E-state index is 14.4. The summed E-state index contributed by atoms with van der Waals surface area (Å²) in [6.45, 7) is 16.6. The van der Waals surface area contributed by atoms with Gasteiger partial charge in [0.15, 0.2) is 0 Å². The number of aliphatic hydroxyl groups excluding tert-OH is 1. The van der Waals surface area contributed by atoms with Crippen LogP contribution in [-0.2, 0) is 23.9 Å². The number of ether oxygens (including phenoxy) is 2. The van der Waals surface area contributed by atoms with E-state index in [1.165, 1.54) is 0 Å². The van der Waals surface area contributed by atoms with Crippen molar-refractivity contribution < 1.29 is 29.0 Å². The molecule has 0 aliphatic carbocycles. The minimum absolute atomic E-state index is 0.0245. The minimum atomic E-state index is -1.08. The van der Waals surface area contributed by atoms with Crippen LogP contribution in [0.25, 0.3) is 0 Å². The number of carbonyl (C=O) groups excluding carboxylic acids is 3. The second-order valence-corrected chi connectivity index (χ2v) is 11.2. The van der Waals surface area contributed by atoms with Gasteiger partial charge in [0.25, 0.3) is 0 Å². The third-order valence-corrected chi connectivity index (χ3v) is 8.77. The van der Waals surface area contributed by atoms with E-state index in [1.54, 1.807) is 17.1 Å². The standard InChI is InChI=1S/C29H46N2O6/c1-7-10-18-36-27(35)23-22-25(33)31(16-12-11-13-17-32)24(29(22)19-20(4)28(23,6)37-29)26(34)30(15-9-3)21(5)14-8-2/h7,9,20-24,32H,1,3,8,10-19H2,2,4-6H3/t20?,21?,22-,23+,24?,28-,29?/m0/s1. The molecule has 3 fully saturated rings. The highest BCUT2D eigenvalue weighted by molar-refractivity contribution is 5.98. The predicted molar refractivity (Wildman–Crippen MR) is 141 cm³/mol. The Bertz CT molecular complexity index is 876. The van der Waals surface area contributed by atoms with Crippen molar-refractivity contribution >= 4 is 17.8 Å². The van der Waals surface area contributed by atoms with E-state index in [4.69, 9.17) is 9.47 Å². The fourth-order valence-corrected chi connectivity index (χ4v) is 6.88. The first-order valence-electron chi connectivity index (χ1n) is 13.9. The smallest absolute Gasteiger partial charge is 0.312 e. The van der Waals surface area contributed by atoms with Gasteiger partial charge >= 0.3 is 5.97 Å². The summed E-state index contributed by atoms with van der Waals surface area (Å²) in [6.07, 6.45) is 8.26. The van der Waals surface area contributed by atoms with Crippen molar-refractivity contribution in [3.8, 4) is 0 Å². The molecule has 37 heavy (non-hydrogen) atoms. The summed E-state index contributed by atoms with van der Waals surface area (Å²) in [5, 5.41) is 9.22. The molecule has 4 unspecified atom stereocenters. The number of likely N-dealkylation sites (tertiary alicyclic amines) is 1. The number of fused-ring (bicyclic) bond motifs is 1. The molecule has 2 bridgehead atoms. The Kier molecular flexibility index (Phi) is 9.62. The molecule has 8 nitrogen and oxygen atoms in total. The van der Waals surface area contributed by atoms with E-state index in [1.807, 2.05) is 25.7 Å². The number of esters is 1. The molecule has 8 heteroatoms. The van der Waals surface area contributed by atoms with Crippen molar-refractivity contribution in [3.63, 3.8) is 0 Å². The number of hydrogen-bond acceptors (Lipinski definition) is 6. The largest absolute Gasteiger partial charge is 0.465 e. The van der Waals surface area contributed by atoms with Crippen molar-refractivity contribution in [2.75, 3.05) is 26.3 Å². The third kappa shape index (κ3) is 5.11. The van der Waals surface area contributed by atoms with E-state index < -0.39 is 35.0 Å². The summed E-state index contributed by atoms with van der Waals surface area (Å²) in [5.74, 6) is -2.34. The third-order valence-electron chi connectivity index (χ3n) is 8.77. The molecule has 0 aromatic rings. The first-order valence-corrected chi connectivity index (χ1v) is 13.9. The highest BCUT2D eigenvalue weighted by Crippen LogP contribution is 2.65. The number of hydrogen-bond donors (Lipinski definition) is 1. The van der Waals surface area contributed by atoms with Crippen LogP contribution in [0.2, 0.25) is 0 Å². The van der Waals surface area contributed by atoms with Gasteiger partial charge in [-0.1, -0.05) is 32.4 Å². The van der Waals surface area contributed by atoms with Crippen LogP contribution in [0.3, 0.4) is 0 Å². The molecule has 3 heterocycles. The van der Waals surface area contributed by atoms with Gasteiger partial charge < -0.3 is 24.4 Å². The van der Waals surface area contributed by atoms with Gasteiger partial charge in [0.05, 0.1) is 18.1 Å². The van der Waals surface area contributed by atoms with Crippen molar-refractivity contribution in [2.45, 2.75) is 95.9 Å². The summed E-state index contributed by atoms with van der Waals surface area (Å²) >= 11 is 0. The van der Waals surface area contributed by atoms with Crippen LogP contribution >= 0.6 is 0 Å². The maximum atomic E-state index is 14.4. The van der Waals surface area contributed by atoms with Gasteiger partial charge in [-0.05, 0) is 58.3 Å². The molecule has 7 atom stereocenters. The SMILES string of the molecule is C=CCCOC(=O)[C@H]1[C@H]2C(=O)N(CCCCCO)C(C(=O)N(CC=C)C(C)CCC)C23CC(C)[C@]1(C)O3. The molecule has 3 aliphatic heterocycles. The van der Waals surface area contributed by atoms with E-state index in [-0.39, 0.29) is 37.0 Å². The Hall–Kier alpha value is -2.19. The van der Waals surface area contributed by atoms with Crippen molar-refractivity contribution in [1.82, 2.24) is 9.80 Å². The molecule has 0 radical (unpaired) electrons. The Morgan fingerprint density at radius 1 is 1.30 bits per heavy atom. The first kappa shape index (κ1) is 29.4. The average molecular weight is 519 g/mol. The molecule has 208 valence electrons. The lowest BCUT2D eigenvalue weighted by molar-refractivity contribution is -0.162. The molecule has 0 saturated carbocycles. The zero-order chi connectivity index (χ0) is 27.4. The van der Waals surface area contributed by atoms with Crippen LogP contribution in [0, 0.1) is 17.8 Å². The van der Waals surface area contributed by atoms with Gasteiger partial charge in [-0.2, -0.15) is 0 Å². The highest BCUT2D eigenvalue weighted by atomic mass is 16.6. The van der Waals surface area contributed by atoms with Crippen molar-refractivity contribution in [2.24, 2.45) is 17.8 Å². The van der Waals surface area contributed by atoms with Crippen LogP contribution < -0.4 is 0 Å². The minimum Gasteiger partial charge on any atom is -0.465 e. The zero-order valence-corrected chi connectivity index (χ0v) is 23.1. The van der Waals surface area contributed by atoms with Crippen LogP contribution in [-0.4, -0.2) is 82.3 Å². The number of aliphatic hydroxyl groups is 1. The molecule has 0 aromatic heterocycles. The second kappa shape index (κ2) is 12.1. The van der Waals surface area contributed by atoms with Gasteiger partial charge in [0.1, 0.15) is 17.6 Å². The lowest BCUT2D eigenvalue weighted by Gasteiger charge is -2.39. The van der Waals surface area contributed by atoms with E-state index >= 15 is 0 Å². The number of nitrogens with zero attached hydrogens (tertiary/aromatic N) is 2. The Labute approximate surface area is 222 Å². The number of carbonyl (C=O) groups is 3. The quantitative estimate of drug-likeness (QED) is 0.203. The monoisotopic (exact) mass is 518 g/mol. The summed E-state index contributed by atoms with van der Waals surface area (Å²) in [4.78, 5) is 45.4. The maximum Gasteiger partial charge on any atom is 0.312 e. The van der Waals surface area contributed by atoms with Gasteiger partial charge in [0, 0.05) is 25.7 Å². The summed E-state index contributed by atoms with van der Waals surface area (Å²) in [5.41, 5.74) is -1.96. The second-order valence-electron chi connectivity index (χ2n) is 11.2. The number of amides is 2. The van der Waals surface area contributed by atoms with Crippen LogP contribution in [0.4, 0.5) is 0 Å². The average Bonchev–Trinajstić information content (AvgIpc) is 3.37. The Morgan fingerprint density at radius 2 is 2.03 bits per heavy atom. The van der Waals surface area contributed by atoms with Gasteiger partial charge in [0.2, 0.25) is 11.8 Å². The van der Waals surface area contributed by atoms with Gasteiger partial charge in [-0.3, -0.25) is 14.4 Å². The zero-order valence-electron chi connectivity index (χ0n) is 23.1. The molecule has 1 N–H and O–H groups in total. The van der Waals surface area contributed by atoms with Gasteiger partial charge in [-0.15, -0.1) is 13.2 Å².